The first-order valence-corrected chi connectivity index (χ1v) is 4.98. The van der Waals surface area contributed by atoms with Gasteiger partial charge in [-0.05, 0) is 30.7 Å². The molecule has 0 aliphatic carbocycles. The summed E-state index contributed by atoms with van der Waals surface area (Å²) in [6.07, 6.45) is 3.23. The highest BCUT2D eigenvalue weighted by atomic mass is 19.1. The van der Waals surface area contributed by atoms with Crippen LogP contribution in [0.3, 0.4) is 0 Å². The number of halogens is 1. The molecule has 0 aromatic carbocycles. The Labute approximate surface area is 93.2 Å². The molecule has 0 atom stereocenters. The average molecular weight is 217 g/mol. The van der Waals surface area contributed by atoms with Gasteiger partial charge in [-0.2, -0.15) is 0 Å². The Balaban J connectivity index is 2.48. The van der Waals surface area contributed by atoms with Gasteiger partial charge in [-0.3, -0.25) is 9.97 Å². The second kappa shape index (κ2) is 4.37. The Morgan fingerprint density at radius 3 is 2.75 bits per heavy atom. The van der Waals surface area contributed by atoms with Crippen molar-refractivity contribution in [2.45, 2.75) is 13.5 Å². The second-order valence-electron chi connectivity index (χ2n) is 3.56. The molecule has 2 aromatic heterocycles. The predicted octanol–water partition coefficient (Wildman–Crippen LogP) is 2.05. The third kappa shape index (κ3) is 2.06. The largest absolute Gasteiger partial charge is 0.326 e. The van der Waals surface area contributed by atoms with Crippen LogP contribution in [0.25, 0.3) is 11.3 Å². The van der Waals surface area contributed by atoms with Gasteiger partial charge in [0, 0.05) is 30.2 Å². The fourth-order valence-electron chi connectivity index (χ4n) is 1.49. The molecule has 16 heavy (non-hydrogen) atoms. The molecule has 0 unspecified atom stereocenters. The van der Waals surface area contributed by atoms with Gasteiger partial charge in [-0.15, -0.1) is 0 Å². The first kappa shape index (κ1) is 10.7. The van der Waals surface area contributed by atoms with Crippen LogP contribution in [0.15, 0.2) is 30.6 Å². The van der Waals surface area contributed by atoms with Crippen molar-refractivity contribution in [1.29, 1.82) is 0 Å². The standard InChI is InChI=1S/C12H12FN3/c1-8-4-10(2-3-15-8)12-11(13)5-9(6-14)7-16-12/h2-5,7H,6,14H2,1H3. The Bertz CT molecular complexity index is 511. The topological polar surface area (TPSA) is 51.8 Å². The number of pyridine rings is 2. The van der Waals surface area contributed by atoms with Crippen molar-refractivity contribution >= 4 is 0 Å². The van der Waals surface area contributed by atoms with E-state index in [2.05, 4.69) is 9.97 Å². The normalized spacial score (nSPS) is 10.4. The highest BCUT2D eigenvalue weighted by Crippen LogP contribution is 2.20. The quantitative estimate of drug-likeness (QED) is 0.837. The fourth-order valence-corrected chi connectivity index (χ4v) is 1.49. The van der Waals surface area contributed by atoms with Gasteiger partial charge in [0.15, 0.2) is 0 Å². The summed E-state index contributed by atoms with van der Waals surface area (Å²) in [5.41, 5.74) is 8.00. The Kier molecular flexibility index (Phi) is 2.92. The van der Waals surface area contributed by atoms with E-state index in [1.165, 1.54) is 6.07 Å². The summed E-state index contributed by atoms with van der Waals surface area (Å²) in [5, 5.41) is 0. The molecule has 4 heteroatoms. The van der Waals surface area contributed by atoms with E-state index < -0.39 is 0 Å². The van der Waals surface area contributed by atoms with Crippen LogP contribution in [-0.2, 0) is 6.54 Å². The molecule has 0 amide bonds. The molecule has 0 fully saturated rings. The molecule has 0 aliphatic heterocycles. The minimum atomic E-state index is -0.353. The number of aryl methyl sites for hydroxylation is 1. The first-order chi connectivity index (χ1) is 7.70. The van der Waals surface area contributed by atoms with Gasteiger partial charge in [0.25, 0.3) is 0 Å². The Hall–Kier alpha value is -1.81. The van der Waals surface area contributed by atoms with Crippen molar-refractivity contribution in [3.8, 4) is 11.3 Å². The lowest BCUT2D eigenvalue weighted by Gasteiger charge is -2.04. The predicted molar refractivity (Wildman–Crippen MR) is 60.1 cm³/mol. The van der Waals surface area contributed by atoms with Crippen molar-refractivity contribution < 1.29 is 4.39 Å². The van der Waals surface area contributed by atoms with Gasteiger partial charge in [0.2, 0.25) is 0 Å². The summed E-state index contributed by atoms with van der Waals surface area (Å²) in [5.74, 6) is -0.353. The second-order valence-corrected chi connectivity index (χ2v) is 3.56. The number of aromatic nitrogens is 2. The monoisotopic (exact) mass is 217 g/mol. The van der Waals surface area contributed by atoms with E-state index in [1.54, 1.807) is 24.5 Å². The fraction of sp³-hybridized carbons (Fsp3) is 0.167. The third-order valence-electron chi connectivity index (χ3n) is 2.30. The van der Waals surface area contributed by atoms with Crippen molar-refractivity contribution in [1.82, 2.24) is 9.97 Å². The molecule has 0 saturated carbocycles. The smallest absolute Gasteiger partial charge is 0.149 e. The van der Waals surface area contributed by atoms with Gasteiger partial charge >= 0.3 is 0 Å². The summed E-state index contributed by atoms with van der Waals surface area (Å²) in [6.45, 7) is 2.15. The van der Waals surface area contributed by atoms with Gasteiger partial charge in [-0.25, -0.2) is 4.39 Å². The Morgan fingerprint density at radius 1 is 1.31 bits per heavy atom. The molecule has 2 heterocycles. The zero-order valence-electron chi connectivity index (χ0n) is 8.94. The molecule has 2 rings (SSSR count). The average Bonchev–Trinajstić information content (AvgIpc) is 2.28. The summed E-state index contributed by atoms with van der Waals surface area (Å²) in [4.78, 5) is 8.14. The zero-order chi connectivity index (χ0) is 11.5. The lowest BCUT2D eigenvalue weighted by molar-refractivity contribution is 0.623. The molecule has 0 spiro atoms. The number of nitrogens with zero attached hydrogens (tertiary/aromatic N) is 2. The van der Waals surface area contributed by atoms with Gasteiger partial charge in [0.05, 0.1) is 0 Å². The molecule has 3 nitrogen and oxygen atoms in total. The maximum absolute atomic E-state index is 13.7. The van der Waals surface area contributed by atoms with Gasteiger partial charge < -0.3 is 5.73 Å². The van der Waals surface area contributed by atoms with Crippen LogP contribution in [-0.4, -0.2) is 9.97 Å². The van der Waals surface area contributed by atoms with Gasteiger partial charge in [0.1, 0.15) is 11.5 Å². The van der Waals surface area contributed by atoms with Crippen LogP contribution in [0.1, 0.15) is 11.3 Å². The molecule has 2 N–H and O–H groups in total. The summed E-state index contributed by atoms with van der Waals surface area (Å²) in [6, 6.07) is 4.95. The summed E-state index contributed by atoms with van der Waals surface area (Å²) < 4.78 is 13.7. The van der Waals surface area contributed by atoms with Crippen LogP contribution in [0.4, 0.5) is 4.39 Å². The minimum absolute atomic E-state index is 0.291. The highest BCUT2D eigenvalue weighted by molar-refractivity contribution is 5.59. The van der Waals surface area contributed by atoms with Crippen LogP contribution >= 0.6 is 0 Å². The van der Waals surface area contributed by atoms with Crippen LogP contribution in [0.2, 0.25) is 0 Å². The highest BCUT2D eigenvalue weighted by Gasteiger charge is 2.07. The summed E-state index contributed by atoms with van der Waals surface area (Å²) >= 11 is 0. The molecular formula is C12H12FN3. The molecule has 0 saturated heterocycles. The van der Waals surface area contributed by atoms with Crippen LogP contribution in [0.5, 0.6) is 0 Å². The van der Waals surface area contributed by atoms with Gasteiger partial charge in [-0.1, -0.05) is 0 Å². The zero-order valence-corrected chi connectivity index (χ0v) is 8.94. The first-order valence-electron chi connectivity index (χ1n) is 4.98. The maximum Gasteiger partial charge on any atom is 0.149 e. The lowest BCUT2D eigenvalue weighted by Crippen LogP contribution is -1.99. The van der Waals surface area contributed by atoms with Crippen LogP contribution < -0.4 is 5.73 Å². The third-order valence-corrected chi connectivity index (χ3v) is 2.30. The summed E-state index contributed by atoms with van der Waals surface area (Å²) in [7, 11) is 0. The van der Waals surface area contributed by atoms with Crippen LogP contribution in [0, 0.1) is 12.7 Å². The lowest BCUT2D eigenvalue weighted by atomic mass is 10.1. The van der Waals surface area contributed by atoms with Crippen molar-refractivity contribution in [3.63, 3.8) is 0 Å². The van der Waals surface area contributed by atoms with Crippen molar-refractivity contribution in [2.75, 3.05) is 0 Å². The van der Waals surface area contributed by atoms with E-state index in [9.17, 15) is 4.39 Å². The molecular weight excluding hydrogens is 205 g/mol. The molecule has 0 aliphatic rings. The van der Waals surface area contributed by atoms with E-state index in [4.69, 9.17) is 5.73 Å². The molecule has 82 valence electrons. The van der Waals surface area contributed by atoms with E-state index in [0.717, 1.165) is 11.3 Å². The Morgan fingerprint density at radius 2 is 2.12 bits per heavy atom. The van der Waals surface area contributed by atoms with E-state index >= 15 is 0 Å². The maximum atomic E-state index is 13.7. The van der Waals surface area contributed by atoms with Crippen molar-refractivity contribution in [2.24, 2.45) is 5.73 Å². The van der Waals surface area contributed by atoms with E-state index in [0.29, 0.717) is 17.8 Å². The number of hydrogen-bond donors (Lipinski definition) is 1. The van der Waals surface area contributed by atoms with E-state index in [-0.39, 0.29) is 5.82 Å². The minimum Gasteiger partial charge on any atom is -0.326 e. The number of nitrogens with two attached hydrogens (primary N) is 1. The number of hydrogen-bond acceptors (Lipinski definition) is 3. The SMILES string of the molecule is Cc1cc(-c2ncc(CN)cc2F)ccn1. The number of rotatable bonds is 2. The van der Waals surface area contributed by atoms with Crippen molar-refractivity contribution in [3.05, 3.63) is 47.7 Å². The van der Waals surface area contributed by atoms with E-state index in [1.807, 2.05) is 6.92 Å². The molecule has 0 radical (unpaired) electrons. The molecule has 2 aromatic rings. The molecule has 0 bridgehead atoms.